The zero-order valence-corrected chi connectivity index (χ0v) is 15.6. The molecule has 1 aliphatic heterocycles. The van der Waals surface area contributed by atoms with E-state index >= 15 is 0 Å². The van der Waals surface area contributed by atoms with E-state index in [4.69, 9.17) is 0 Å². The Morgan fingerprint density at radius 1 is 1.08 bits per heavy atom. The summed E-state index contributed by atoms with van der Waals surface area (Å²) in [5.41, 5.74) is 1.23. The summed E-state index contributed by atoms with van der Waals surface area (Å²) in [4.78, 5) is 27.1. The summed E-state index contributed by atoms with van der Waals surface area (Å²) >= 11 is 1.46. The van der Waals surface area contributed by atoms with E-state index in [9.17, 15) is 9.59 Å². The van der Waals surface area contributed by atoms with E-state index in [1.54, 1.807) is 0 Å². The maximum atomic E-state index is 12.1. The average molecular weight is 372 g/mol. The molecule has 6 heteroatoms. The number of likely N-dealkylation sites (tertiary alicyclic amines) is 1. The number of thiophene rings is 1. The number of benzene rings is 1. The molecule has 2 N–H and O–H groups in total. The van der Waals surface area contributed by atoms with E-state index in [-0.39, 0.29) is 17.9 Å². The standard InChI is InChI=1S/C20H25N3O2S/c24-19(21-11-8-16-5-2-1-3-6-16)15-23-12-9-17(10-13-23)22-20(25)18-7-4-14-26-18/h1-7,14,17H,8-13,15H2,(H,21,24)(H,22,25). The molecule has 2 aromatic rings. The lowest BCUT2D eigenvalue weighted by molar-refractivity contribution is -0.122. The van der Waals surface area contributed by atoms with E-state index in [1.807, 2.05) is 35.7 Å². The van der Waals surface area contributed by atoms with Gasteiger partial charge >= 0.3 is 0 Å². The number of carbonyl (C=O) groups is 2. The molecule has 1 fully saturated rings. The van der Waals surface area contributed by atoms with Gasteiger partial charge in [0, 0.05) is 25.7 Å². The van der Waals surface area contributed by atoms with Crippen LogP contribution in [0.25, 0.3) is 0 Å². The largest absolute Gasteiger partial charge is 0.355 e. The lowest BCUT2D eigenvalue weighted by atomic mass is 10.0. The van der Waals surface area contributed by atoms with Gasteiger partial charge in [0.25, 0.3) is 5.91 Å². The summed E-state index contributed by atoms with van der Waals surface area (Å²) in [5.74, 6) is 0.0825. The van der Waals surface area contributed by atoms with Gasteiger partial charge in [-0.1, -0.05) is 36.4 Å². The lowest BCUT2D eigenvalue weighted by Crippen LogP contribution is -2.47. The zero-order valence-electron chi connectivity index (χ0n) is 14.8. The van der Waals surface area contributed by atoms with Crippen molar-refractivity contribution in [2.45, 2.75) is 25.3 Å². The Hall–Kier alpha value is -2.18. The maximum Gasteiger partial charge on any atom is 0.261 e. The van der Waals surface area contributed by atoms with Crippen LogP contribution in [-0.4, -0.2) is 48.9 Å². The molecular weight excluding hydrogens is 346 g/mol. The molecule has 2 heterocycles. The number of amides is 2. The summed E-state index contributed by atoms with van der Waals surface area (Å²) in [5, 5.41) is 7.99. The SMILES string of the molecule is O=C(CN1CCC(NC(=O)c2cccs2)CC1)NCCc1ccccc1. The van der Waals surface area contributed by atoms with Gasteiger partial charge in [-0.15, -0.1) is 11.3 Å². The second kappa shape index (κ2) is 9.50. The minimum absolute atomic E-state index is 0.0112. The first-order chi connectivity index (χ1) is 12.7. The van der Waals surface area contributed by atoms with Crippen molar-refractivity contribution < 1.29 is 9.59 Å². The highest BCUT2D eigenvalue weighted by Gasteiger charge is 2.22. The van der Waals surface area contributed by atoms with Crippen molar-refractivity contribution in [2.75, 3.05) is 26.2 Å². The molecule has 0 spiro atoms. The van der Waals surface area contributed by atoms with Gasteiger partial charge in [0.15, 0.2) is 0 Å². The van der Waals surface area contributed by atoms with Gasteiger partial charge in [0.1, 0.15) is 0 Å². The fourth-order valence-electron chi connectivity index (χ4n) is 3.15. The number of hydrogen-bond acceptors (Lipinski definition) is 4. The predicted molar refractivity (Wildman–Crippen MR) is 104 cm³/mol. The second-order valence-corrected chi connectivity index (χ2v) is 7.53. The Morgan fingerprint density at radius 3 is 2.54 bits per heavy atom. The molecule has 0 atom stereocenters. The van der Waals surface area contributed by atoms with Crippen molar-refractivity contribution in [2.24, 2.45) is 0 Å². The highest BCUT2D eigenvalue weighted by atomic mass is 32.1. The summed E-state index contributed by atoms with van der Waals surface area (Å²) in [6.07, 6.45) is 2.62. The molecule has 5 nitrogen and oxygen atoms in total. The van der Waals surface area contributed by atoms with Gasteiger partial charge in [-0.25, -0.2) is 0 Å². The molecule has 1 aliphatic rings. The van der Waals surface area contributed by atoms with Gasteiger partial charge in [0.05, 0.1) is 11.4 Å². The van der Waals surface area contributed by atoms with Crippen molar-refractivity contribution in [3.8, 4) is 0 Å². The van der Waals surface area contributed by atoms with Crippen molar-refractivity contribution in [3.63, 3.8) is 0 Å². The van der Waals surface area contributed by atoms with Crippen LogP contribution in [-0.2, 0) is 11.2 Å². The first-order valence-corrected chi connectivity index (χ1v) is 9.96. The third kappa shape index (κ3) is 5.68. The van der Waals surface area contributed by atoms with Gasteiger partial charge in [-0.3, -0.25) is 14.5 Å². The Balaban J connectivity index is 1.32. The predicted octanol–water partition coefficient (Wildman–Crippen LogP) is 2.30. The van der Waals surface area contributed by atoms with Crippen molar-refractivity contribution in [3.05, 3.63) is 58.3 Å². The van der Waals surface area contributed by atoms with Gasteiger partial charge < -0.3 is 10.6 Å². The Bertz CT molecular complexity index is 695. The topological polar surface area (TPSA) is 61.4 Å². The van der Waals surface area contributed by atoms with Crippen LogP contribution >= 0.6 is 11.3 Å². The van der Waals surface area contributed by atoms with Crippen molar-refractivity contribution in [1.29, 1.82) is 0 Å². The molecule has 1 saturated heterocycles. The first-order valence-electron chi connectivity index (χ1n) is 9.08. The molecule has 3 rings (SSSR count). The second-order valence-electron chi connectivity index (χ2n) is 6.59. The molecular formula is C20H25N3O2S. The van der Waals surface area contributed by atoms with Gasteiger partial charge in [-0.2, -0.15) is 0 Å². The van der Waals surface area contributed by atoms with E-state index in [0.29, 0.717) is 13.1 Å². The number of piperidine rings is 1. The van der Waals surface area contributed by atoms with E-state index in [0.717, 1.165) is 37.2 Å². The van der Waals surface area contributed by atoms with Crippen LogP contribution in [0.5, 0.6) is 0 Å². The van der Waals surface area contributed by atoms with E-state index in [1.165, 1.54) is 16.9 Å². The molecule has 0 bridgehead atoms. The fraction of sp³-hybridized carbons (Fsp3) is 0.400. The molecule has 2 amide bonds. The van der Waals surface area contributed by atoms with Crippen LogP contribution in [0.1, 0.15) is 28.1 Å². The monoisotopic (exact) mass is 371 g/mol. The molecule has 0 aliphatic carbocycles. The zero-order chi connectivity index (χ0) is 18.2. The highest BCUT2D eigenvalue weighted by molar-refractivity contribution is 7.12. The lowest BCUT2D eigenvalue weighted by Gasteiger charge is -2.31. The van der Waals surface area contributed by atoms with Crippen LogP contribution in [0.3, 0.4) is 0 Å². The molecule has 138 valence electrons. The highest BCUT2D eigenvalue weighted by Crippen LogP contribution is 2.13. The normalized spacial score (nSPS) is 15.5. The average Bonchev–Trinajstić information content (AvgIpc) is 3.19. The number of nitrogens with zero attached hydrogens (tertiary/aromatic N) is 1. The minimum atomic E-state index is 0.0112. The Morgan fingerprint density at radius 2 is 1.85 bits per heavy atom. The van der Waals surface area contributed by atoms with Gasteiger partial charge in [0.2, 0.25) is 5.91 Å². The Labute approximate surface area is 158 Å². The summed E-state index contributed by atoms with van der Waals surface area (Å²) in [7, 11) is 0. The fourth-order valence-corrected chi connectivity index (χ4v) is 3.78. The van der Waals surface area contributed by atoms with E-state index in [2.05, 4.69) is 27.7 Å². The molecule has 1 aromatic carbocycles. The van der Waals surface area contributed by atoms with Crippen LogP contribution in [0.4, 0.5) is 0 Å². The van der Waals surface area contributed by atoms with Crippen LogP contribution in [0.15, 0.2) is 47.8 Å². The third-order valence-electron chi connectivity index (χ3n) is 4.61. The van der Waals surface area contributed by atoms with Crippen molar-refractivity contribution >= 4 is 23.2 Å². The third-order valence-corrected chi connectivity index (χ3v) is 5.48. The molecule has 1 aromatic heterocycles. The first kappa shape index (κ1) is 18.6. The molecule has 0 radical (unpaired) electrons. The number of nitrogens with one attached hydrogen (secondary N) is 2. The van der Waals surface area contributed by atoms with Gasteiger partial charge in [-0.05, 0) is 36.3 Å². The smallest absolute Gasteiger partial charge is 0.261 e. The minimum Gasteiger partial charge on any atom is -0.355 e. The Kier molecular flexibility index (Phi) is 6.80. The quantitative estimate of drug-likeness (QED) is 0.785. The van der Waals surface area contributed by atoms with Crippen LogP contribution in [0.2, 0.25) is 0 Å². The van der Waals surface area contributed by atoms with E-state index < -0.39 is 0 Å². The summed E-state index contributed by atoms with van der Waals surface area (Å²) in [6.45, 7) is 2.76. The molecule has 0 saturated carbocycles. The van der Waals surface area contributed by atoms with Crippen molar-refractivity contribution in [1.82, 2.24) is 15.5 Å². The maximum absolute atomic E-state index is 12.1. The number of hydrogen-bond donors (Lipinski definition) is 2. The molecule has 0 unspecified atom stereocenters. The number of rotatable bonds is 7. The summed E-state index contributed by atoms with van der Waals surface area (Å²) in [6, 6.07) is 14.1. The van der Waals surface area contributed by atoms with Crippen LogP contribution in [0, 0.1) is 0 Å². The number of carbonyl (C=O) groups excluding carboxylic acids is 2. The molecule has 26 heavy (non-hydrogen) atoms. The van der Waals surface area contributed by atoms with Crippen LogP contribution < -0.4 is 10.6 Å². The summed E-state index contributed by atoms with van der Waals surface area (Å²) < 4.78 is 0.